The summed E-state index contributed by atoms with van der Waals surface area (Å²) < 4.78 is 38.7. The number of nitrogens with zero attached hydrogens (tertiary/aromatic N) is 1. The number of benzene rings is 2. The first kappa shape index (κ1) is 14.7. The van der Waals surface area contributed by atoms with Crippen LogP contribution < -0.4 is 0 Å². The second-order valence-corrected chi connectivity index (χ2v) is 6.56. The summed E-state index contributed by atoms with van der Waals surface area (Å²) in [7, 11) is -2.03. The van der Waals surface area contributed by atoms with E-state index >= 15 is 0 Å². The van der Waals surface area contributed by atoms with Gasteiger partial charge in [-0.05, 0) is 36.2 Å². The van der Waals surface area contributed by atoms with E-state index < -0.39 is 15.8 Å². The molecule has 0 aliphatic rings. The first-order valence-electron chi connectivity index (χ1n) is 6.26. The van der Waals surface area contributed by atoms with Gasteiger partial charge in [0, 0.05) is 13.6 Å². The number of rotatable bonds is 5. The zero-order chi connectivity index (χ0) is 14.6. The van der Waals surface area contributed by atoms with Gasteiger partial charge in [-0.15, -0.1) is 0 Å². The molecule has 2 aromatic rings. The Hall–Kier alpha value is -1.72. The molecule has 0 amide bonds. The van der Waals surface area contributed by atoms with E-state index in [9.17, 15) is 12.8 Å². The molecule has 0 atom stereocenters. The van der Waals surface area contributed by atoms with Gasteiger partial charge in [0.1, 0.15) is 5.82 Å². The normalized spacial score (nSPS) is 11.8. The van der Waals surface area contributed by atoms with Gasteiger partial charge < -0.3 is 0 Å². The molecule has 3 nitrogen and oxygen atoms in total. The van der Waals surface area contributed by atoms with Crippen LogP contribution in [0, 0.1) is 5.82 Å². The average Bonchev–Trinajstić information content (AvgIpc) is 2.46. The summed E-state index contributed by atoms with van der Waals surface area (Å²) in [6.07, 6.45) is 0.637. The maximum Gasteiger partial charge on any atom is 0.242 e. The Balaban J connectivity index is 2.08. The highest BCUT2D eigenvalue weighted by molar-refractivity contribution is 7.89. The van der Waals surface area contributed by atoms with Gasteiger partial charge in [0.05, 0.1) is 4.90 Å². The molecular formula is C15H16FNO2S. The number of halogens is 1. The van der Waals surface area contributed by atoms with Crippen molar-refractivity contribution >= 4 is 10.0 Å². The molecule has 0 bridgehead atoms. The maximum absolute atomic E-state index is 12.8. The number of hydrogen-bond acceptors (Lipinski definition) is 2. The van der Waals surface area contributed by atoms with E-state index in [1.807, 2.05) is 30.3 Å². The lowest BCUT2D eigenvalue weighted by atomic mass is 10.2. The molecule has 0 spiro atoms. The predicted molar refractivity (Wildman–Crippen MR) is 76.4 cm³/mol. The van der Waals surface area contributed by atoms with Crippen LogP contribution in [0.3, 0.4) is 0 Å². The Morgan fingerprint density at radius 2 is 1.60 bits per heavy atom. The van der Waals surface area contributed by atoms with Crippen molar-refractivity contribution in [2.75, 3.05) is 13.6 Å². The molecule has 0 N–H and O–H groups in total. The van der Waals surface area contributed by atoms with E-state index in [2.05, 4.69) is 0 Å². The van der Waals surface area contributed by atoms with Crippen LogP contribution in [0.1, 0.15) is 5.56 Å². The molecule has 20 heavy (non-hydrogen) atoms. The van der Waals surface area contributed by atoms with Gasteiger partial charge >= 0.3 is 0 Å². The highest BCUT2D eigenvalue weighted by atomic mass is 32.2. The molecule has 0 radical (unpaired) electrons. The van der Waals surface area contributed by atoms with Crippen LogP contribution in [0.5, 0.6) is 0 Å². The van der Waals surface area contributed by atoms with E-state index in [0.717, 1.165) is 17.7 Å². The summed E-state index contributed by atoms with van der Waals surface area (Å²) >= 11 is 0. The van der Waals surface area contributed by atoms with E-state index in [1.54, 1.807) is 0 Å². The molecule has 0 saturated carbocycles. The minimum atomic E-state index is -3.56. The fourth-order valence-corrected chi connectivity index (χ4v) is 3.01. The van der Waals surface area contributed by atoms with Crippen molar-refractivity contribution < 1.29 is 12.8 Å². The Morgan fingerprint density at radius 1 is 1.00 bits per heavy atom. The van der Waals surface area contributed by atoms with E-state index in [1.165, 1.54) is 23.5 Å². The quantitative estimate of drug-likeness (QED) is 0.850. The lowest BCUT2D eigenvalue weighted by Gasteiger charge is -2.17. The molecule has 0 aliphatic carbocycles. The summed E-state index contributed by atoms with van der Waals surface area (Å²) in [5, 5.41) is 0. The standard InChI is InChI=1S/C15H16FNO2S/c1-17(12-11-13-5-3-2-4-6-13)20(18,19)15-9-7-14(16)8-10-15/h2-10H,11-12H2,1H3. The van der Waals surface area contributed by atoms with E-state index in [-0.39, 0.29) is 4.90 Å². The second kappa shape index (κ2) is 6.15. The third kappa shape index (κ3) is 3.43. The summed E-state index contributed by atoms with van der Waals surface area (Å²) in [5.41, 5.74) is 1.08. The number of sulfonamides is 1. The van der Waals surface area contributed by atoms with Crippen LogP contribution in [0.15, 0.2) is 59.5 Å². The van der Waals surface area contributed by atoms with Crippen molar-refractivity contribution in [2.24, 2.45) is 0 Å². The van der Waals surface area contributed by atoms with Gasteiger partial charge in [-0.1, -0.05) is 30.3 Å². The molecule has 0 heterocycles. The Labute approximate surface area is 118 Å². The van der Waals surface area contributed by atoms with Crippen LogP contribution in [0.2, 0.25) is 0 Å². The highest BCUT2D eigenvalue weighted by Crippen LogP contribution is 2.15. The zero-order valence-corrected chi connectivity index (χ0v) is 12.0. The Kier molecular flexibility index (Phi) is 4.52. The van der Waals surface area contributed by atoms with Crippen LogP contribution in [-0.4, -0.2) is 26.3 Å². The summed E-state index contributed by atoms with van der Waals surface area (Å²) in [6.45, 7) is 0.379. The minimum absolute atomic E-state index is 0.106. The monoisotopic (exact) mass is 293 g/mol. The van der Waals surface area contributed by atoms with Crippen LogP contribution in [0.25, 0.3) is 0 Å². The molecule has 0 aliphatic heterocycles. The van der Waals surface area contributed by atoms with Crippen molar-refractivity contribution in [1.82, 2.24) is 4.31 Å². The first-order chi connectivity index (χ1) is 9.50. The third-order valence-electron chi connectivity index (χ3n) is 3.08. The summed E-state index contributed by atoms with van der Waals surface area (Å²) in [5.74, 6) is -0.448. The van der Waals surface area contributed by atoms with Crippen LogP contribution >= 0.6 is 0 Å². The molecule has 0 saturated heterocycles. The lowest BCUT2D eigenvalue weighted by Crippen LogP contribution is -2.29. The van der Waals surface area contributed by atoms with Gasteiger partial charge in [0.25, 0.3) is 0 Å². The fourth-order valence-electron chi connectivity index (χ4n) is 1.84. The van der Waals surface area contributed by atoms with Crippen molar-refractivity contribution in [3.05, 3.63) is 66.0 Å². The molecular weight excluding hydrogens is 277 g/mol. The van der Waals surface area contributed by atoms with E-state index in [4.69, 9.17) is 0 Å². The molecule has 106 valence electrons. The number of hydrogen-bond donors (Lipinski definition) is 0. The van der Waals surface area contributed by atoms with Gasteiger partial charge in [-0.2, -0.15) is 0 Å². The largest absolute Gasteiger partial charge is 0.242 e. The van der Waals surface area contributed by atoms with E-state index in [0.29, 0.717) is 13.0 Å². The van der Waals surface area contributed by atoms with Gasteiger partial charge in [-0.25, -0.2) is 17.1 Å². The van der Waals surface area contributed by atoms with Gasteiger partial charge in [0.15, 0.2) is 0 Å². The topological polar surface area (TPSA) is 37.4 Å². The lowest BCUT2D eigenvalue weighted by molar-refractivity contribution is 0.472. The van der Waals surface area contributed by atoms with Gasteiger partial charge in [-0.3, -0.25) is 0 Å². The highest BCUT2D eigenvalue weighted by Gasteiger charge is 2.20. The van der Waals surface area contributed by atoms with Crippen molar-refractivity contribution in [2.45, 2.75) is 11.3 Å². The van der Waals surface area contributed by atoms with Gasteiger partial charge in [0.2, 0.25) is 10.0 Å². The number of likely N-dealkylation sites (N-methyl/N-ethyl adjacent to an activating group) is 1. The minimum Gasteiger partial charge on any atom is -0.207 e. The molecule has 0 aromatic heterocycles. The van der Waals surface area contributed by atoms with Crippen molar-refractivity contribution in [3.8, 4) is 0 Å². The molecule has 2 aromatic carbocycles. The van der Waals surface area contributed by atoms with Crippen LogP contribution in [0.4, 0.5) is 4.39 Å². The van der Waals surface area contributed by atoms with Crippen molar-refractivity contribution in [3.63, 3.8) is 0 Å². The fraction of sp³-hybridized carbons (Fsp3) is 0.200. The van der Waals surface area contributed by atoms with Crippen LogP contribution in [-0.2, 0) is 16.4 Å². The zero-order valence-electron chi connectivity index (χ0n) is 11.2. The molecule has 2 rings (SSSR count). The molecule has 5 heteroatoms. The van der Waals surface area contributed by atoms with Crippen molar-refractivity contribution in [1.29, 1.82) is 0 Å². The molecule has 0 fully saturated rings. The predicted octanol–water partition coefficient (Wildman–Crippen LogP) is 2.69. The Morgan fingerprint density at radius 3 is 2.20 bits per heavy atom. The average molecular weight is 293 g/mol. The second-order valence-electron chi connectivity index (χ2n) is 4.52. The SMILES string of the molecule is CN(CCc1ccccc1)S(=O)(=O)c1ccc(F)cc1. The smallest absolute Gasteiger partial charge is 0.207 e. The maximum atomic E-state index is 12.8. The summed E-state index contributed by atoms with van der Waals surface area (Å²) in [4.78, 5) is 0.106. The Bertz CT molecular complexity index is 654. The third-order valence-corrected chi connectivity index (χ3v) is 4.95. The molecule has 0 unspecified atom stereocenters. The first-order valence-corrected chi connectivity index (χ1v) is 7.70. The summed E-state index contributed by atoms with van der Waals surface area (Å²) in [6, 6.07) is 14.5.